The van der Waals surface area contributed by atoms with Crippen molar-refractivity contribution < 1.29 is 33.7 Å². The number of likely N-dealkylation sites (tertiary alicyclic amines) is 1. The van der Waals surface area contributed by atoms with Crippen molar-refractivity contribution in [1.82, 2.24) is 14.8 Å². The highest BCUT2D eigenvalue weighted by Gasteiger charge is 2.46. The van der Waals surface area contributed by atoms with Gasteiger partial charge >= 0.3 is 5.97 Å². The number of benzene rings is 1. The fourth-order valence-corrected chi connectivity index (χ4v) is 5.21. The molecule has 0 unspecified atom stereocenters. The lowest BCUT2D eigenvalue weighted by atomic mass is 9.94. The maximum Gasteiger partial charge on any atom is 0.355 e. The van der Waals surface area contributed by atoms with Crippen molar-refractivity contribution in [3.63, 3.8) is 0 Å². The van der Waals surface area contributed by atoms with Crippen LogP contribution in [0.4, 0.5) is 0 Å². The first-order valence-electron chi connectivity index (χ1n) is 12.9. The predicted molar refractivity (Wildman–Crippen MR) is 140 cm³/mol. The third kappa shape index (κ3) is 5.32. The summed E-state index contributed by atoms with van der Waals surface area (Å²) in [5.41, 5.74) is 2.08. The zero-order valence-corrected chi connectivity index (χ0v) is 22.3. The molecule has 2 fully saturated rings. The summed E-state index contributed by atoms with van der Waals surface area (Å²) in [5, 5.41) is 11.6. The molecule has 2 aromatic rings. The number of esters is 1. The summed E-state index contributed by atoms with van der Waals surface area (Å²) in [6.07, 6.45) is 0.656. The molecule has 0 bridgehead atoms. The number of nitrogens with zero attached hydrogens (tertiary/aromatic N) is 2. The first kappa shape index (κ1) is 27.4. The number of carbonyl (C=O) groups excluding carboxylic acids is 3. The number of H-pyrrole nitrogens is 1. The van der Waals surface area contributed by atoms with Crippen LogP contribution in [0.1, 0.15) is 52.3 Å². The van der Waals surface area contributed by atoms with Gasteiger partial charge in [-0.15, -0.1) is 0 Å². The number of hydrogen-bond acceptors (Lipinski definition) is 8. The van der Waals surface area contributed by atoms with E-state index in [9.17, 15) is 19.5 Å². The molecule has 204 valence electrons. The minimum atomic E-state index is -0.811. The zero-order chi connectivity index (χ0) is 27.4. The maximum absolute atomic E-state index is 13.4. The van der Waals surface area contributed by atoms with Gasteiger partial charge in [0.05, 0.1) is 38.5 Å². The number of ether oxygens (including phenoxy) is 3. The number of aromatic nitrogens is 1. The van der Waals surface area contributed by atoms with Crippen molar-refractivity contribution in [3.8, 4) is 5.75 Å². The number of methoxy groups -OCH3 is 1. The van der Waals surface area contributed by atoms with E-state index in [1.54, 1.807) is 46.1 Å². The zero-order valence-electron chi connectivity index (χ0n) is 22.3. The molecule has 1 aromatic carbocycles. The van der Waals surface area contributed by atoms with E-state index < -0.39 is 23.7 Å². The molecule has 0 saturated carbocycles. The summed E-state index contributed by atoms with van der Waals surface area (Å²) in [6, 6.07) is 6.32. The second-order valence-electron chi connectivity index (χ2n) is 9.42. The number of carbonyl (C=O) groups is 3. The molecule has 10 heteroatoms. The molecule has 0 aliphatic carbocycles. The Morgan fingerprint density at radius 2 is 1.92 bits per heavy atom. The van der Waals surface area contributed by atoms with Gasteiger partial charge in [0.25, 0.3) is 11.7 Å². The summed E-state index contributed by atoms with van der Waals surface area (Å²) >= 11 is 0. The Morgan fingerprint density at radius 3 is 2.61 bits per heavy atom. The van der Waals surface area contributed by atoms with Crippen LogP contribution in [0, 0.1) is 13.8 Å². The number of morpholine rings is 1. The Labute approximate surface area is 222 Å². The molecule has 3 heterocycles. The first-order chi connectivity index (χ1) is 18.3. The van der Waals surface area contributed by atoms with E-state index in [1.165, 1.54) is 4.90 Å². The Bertz CT molecular complexity index is 1240. The standard InChI is InChI=1S/C28H35N3O7/c1-5-38-28(35)23-17(2)21(18(3)29-23)25(32)22-24(19-8-6-9-20(16-19)36-4)31(27(34)26(22)33)11-7-10-30-12-14-37-15-13-30/h6,8-9,16,24,29,32H,5,7,10-15H2,1-4H3/b25-22+/t24-/m0/s1. The van der Waals surface area contributed by atoms with E-state index >= 15 is 0 Å². The number of Topliss-reactive ketones (excluding diaryl/α,β-unsaturated/α-hetero) is 1. The van der Waals surface area contributed by atoms with Gasteiger partial charge in [0.2, 0.25) is 0 Å². The van der Waals surface area contributed by atoms with Crippen LogP contribution in [-0.2, 0) is 19.1 Å². The molecule has 2 saturated heterocycles. The van der Waals surface area contributed by atoms with E-state index in [2.05, 4.69) is 9.88 Å². The summed E-state index contributed by atoms with van der Waals surface area (Å²) in [6.45, 7) is 9.37. The van der Waals surface area contributed by atoms with Crippen molar-refractivity contribution in [3.05, 3.63) is 57.9 Å². The van der Waals surface area contributed by atoms with E-state index in [0.717, 1.165) is 19.6 Å². The third-order valence-corrected chi connectivity index (χ3v) is 7.08. The molecule has 38 heavy (non-hydrogen) atoms. The fraction of sp³-hybridized carbons (Fsp3) is 0.464. The predicted octanol–water partition coefficient (Wildman–Crippen LogP) is 2.96. The molecule has 10 nitrogen and oxygen atoms in total. The number of ketones is 1. The van der Waals surface area contributed by atoms with Crippen LogP contribution in [0.3, 0.4) is 0 Å². The molecule has 2 aliphatic heterocycles. The van der Waals surface area contributed by atoms with Crippen molar-refractivity contribution in [2.24, 2.45) is 0 Å². The Balaban J connectivity index is 1.75. The van der Waals surface area contributed by atoms with Gasteiger partial charge in [0.1, 0.15) is 17.2 Å². The molecule has 1 amide bonds. The fourth-order valence-electron chi connectivity index (χ4n) is 5.21. The SMILES string of the molecule is CCOC(=O)c1[nH]c(C)c(/C(O)=C2\C(=O)C(=O)N(CCCN3CCOCC3)[C@H]2c2cccc(OC)c2)c1C. The van der Waals surface area contributed by atoms with Crippen molar-refractivity contribution in [1.29, 1.82) is 0 Å². The summed E-state index contributed by atoms with van der Waals surface area (Å²) in [7, 11) is 1.54. The number of aryl methyl sites for hydroxylation is 1. The second kappa shape index (κ2) is 11.8. The minimum absolute atomic E-state index is 0.0183. The van der Waals surface area contributed by atoms with Crippen molar-refractivity contribution >= 4 is 23.4 Å². The molecule has 2 aliphatic rings. The smallest absolute Gasteiger partial charge is 0.355 e. The van der Waals surface area contributed by atoms with Crippen molar-refractivity contribution in [2.75, 3.05) is 53.1 Å². The van der Waals surface area contributed by atoms with Gasteiger partial charge in [-0.25, -0.2) is 4.79 Å². The number of aliphatic hydroxyl groups is 1. The average molecular weight is 526 g/mol. The van der Waals surface area contributed by atoms with Gasteiger partial charge in [0, 0.05) is 37.4 Å². The van der Waals surface area contributed by atoms with Gasteiger partial charge in [-0.1, -0.05) is 12.1 Å². The topological polar surface area (TPSA) is 121 Å². The molecular formula is C28H35N3O7. The third-order valence-electron chi connectivity index (χ3n) is 7.08. The number of nitrogens with one attached hydrogen (secondary N) is 1. The van der Waals surface area contributed by atoms with Crippen LogP contribution in [0.2, 0.25) is 0 Å². The minimum Gasteiger partial charge on any atom is -0.507 e. The van der Waals surface area contributed by atoms with Crippen LogP contribution in [0.5, 0.6) is 5.75 Å². The quantitative estimate of drug-likeness (QED) is 0.222. The molecule has 1 atom stereocenters. The number of aliphatic hydroxyl groups excluding tert-OH is 1. The Kier molecular flexibility index (Phi) is 8.53. The van der Waals surface area contributed by atoms with E-state index in [-0.39, 0.29) is 23.6 Å². The number of aromatic amines is 1. The molecule has 2 N–H and O–H groups in total. The average Bonchev–Trinajstić information content (AvgIpc) is 3.36. The van der Waals surface area contributed by atoms with Gasteiger partial charge in [-0.2, -0.15) is 0 Å². The van der Waals surface area contributed by atoms with Gasteiger partial charge in [0.15, 0.2) is 0 Å². The Hall–Kier alpha value is -3.63. The van der Waals surface area contributed by atoms with E-state index in [4.69, 9.17) is 14.2 Å². The normalized spacial score (nSPS) is 19.7. The summed E-state index contributed by atoms with van der Waals surface area (Å²) < 4.78 is 15.9. The van der Waals surface area contributed by atoms with Crippen LogP contribution >= 0.6 is 0 Å². The summed E-state index contributed by atoms with van der Waals surface area (Å²) in [4.78, 5) is 46.0. The molecule has 0 radical (unpaired) electrons. The second-order valence-corrected chi connectivity index (χ2v) is 9.42. The lowest BCUT2D eigenvalue weighted by Crippen LogP contribution is -2.38. The van der Waals surface area contributed by atoms with Gasteiger partial charge < -0.3 is 29.2 Å². The maximum atomic E-state index is 13.4. The largest absolute Gasteiger partial charge is 0.507 e. The lowest BCUT2D eigenvalue weighted by molar-refractivity contribution is -0.140. The highest BCUT2D eigenvalue weighted by Crippen LogP contribution is 2.41. The van der Waals surface area contributed by atoms with E-state index in [1.807, 2.05) is 6.07 Å². The van der Waals surface area contributed by atoms with Crippen LogP contribution in [0.25, 0.3) is 5.76 Å². The van der Waals surface area contributed by atoms with Gasteiger partial charge in [-0.3, -0.25) is 14.5 Å². The van der Waals surface area contributed by atoms with Crippen LogP contribution < -0.4 is 4.74 Å². The van der Waals surface area contributed by atoms with Gasteiger partial charge in [-0.05, 0) is 50.5 Å². The summed E-state index contributed by atoms with van der Waals surface area (Å²) in [5.74, 6) is -1.74. The van der Waals surface area contributed by atoms with Crippen LogP contribution in [-0.4, -0.2) is 90.7 Å². The number of rotatable bonds is 9. The Morgan fingerprint density at radius 1 is 1.18 bits per heavy atom. The highest BCUT2D eigenvalue weighted by molar-refractivity contribution is 6.46. The number of hydrogen-bond donors (Lipinski definition) is 2. The van der Waals surface area contributed by atoms with Crippen LogP contribution in [0.15, 0.2) is 29.8 Å². The molecule has 1 aromatic heterocycles. The molecule has 0 spiro atoms. The first-order valence-corrected chi connectivity index (χ1v) is 12.9. The lowest BCUT2D eigenvalue weighted by Gasteiger charge is -2.29. The van der Waals surface area contributed by atoms with E-state index in [0.29, 0.717) is 54.3 Å². The highest BCUT2D eigenvalue weighted by atomic mass is 16.5. The molecule has 4 rings (SSSR count). The van der Waals surface area contributed by atoms with Crippen molar-refractivity contribution in [2.45, 2.75) is 33.2 Å². The number of amides is 1. The monoisotopic (exact) mass is 525 g/mol. The molecular weight excluding hydrogens is 490 g/mol.